The monoisotopic (exact) mass is 370 g/mol. The number of para-hydroxylation sites is 1. The number of nitrogens with two attached hydrogens (primary N) is 1. The van der Waals surface area contributed by atoms with Crippen LogP contribution in [0.4, 0.5) is 5.82 Å². The molecule has 3 aromatic rings. The molecular formula is C16H18N8O3. The van der Waals surface area contributed by atoms with Gasteiger partial charge < -0.3 is 10.5 Å². The van der Waals surface area contributed by atoms with Crippen LogP contribution in [0, 0.1) is 0 Å². The molecule has 3 N–H and O–H groups in total. The largest absolute Gasteiger partial charge is 0.496 e. The molecule has 0 aliphatic carbocycles. The van der Waals surface area contributed by atoms with Crippen LogP contribution in [0.15, 0.2) is 34.0 Å². The van der Waals surface area contributed by atoms with Gasteiger partial charge in [0, 0.05) is 5.56 Å². The van der Waals surface area contributed by atoms with E-state index >= 15 is 0 Å². The van der Waals surface area contributed by atoms with Crippen LogP contribution < -0.4 is 15.9 Å². The number of anilines is 1. The first kappa shape index (κ1) is 18.0. The van der Waals surface area contributed by atoms with Crippen LogP contribution in [0.3, 0.4) is 0 Å². The zero-order valence-electron chi connectivity index (χ0n) is 14.9. The zero-order valence-corrected chi connectivity index (χ0v) is 14.9. The van der Waals surface area contributed by atoms with E-state index in [1.807, 2.05) is 32.0 Å². The van der Waals surface area contributed by atoms with E-state index in [4.69, 9.17) is 10.5 Å². The summed E-state index contributed by atoms with van der Waals surface area (Å²) in [5, 5.41) is 19.1. The molecule has 140 valence electrons. The maximum absolute atomic E-state index is 12.5. The van der Waals surface area contributed by atoms with Crippen molar-refractivity contribution < 1.29 is 14.2 Å². The van der Waals surface area contributed by atoms with Crippen molar-refractivity contribution in [1.82, 2.24) is 30.7 Å². The average Bonchev–Trinajstić information content (AvgIpc) is 3.27. The Morgan fingerprint density at radius 2 is 2.15 bits per heavy atom. The van der Waals surface area contributed by atoms with E-state index in [-0.39, 0.29) is 23.2 Å². The van der Waals surface area contributed by atoms with Gasteiger partial charge in [-0.3, -0.25) is 4.79 Å². The molecule has 0 atom stereocenters. The predicted octanol–water partition coefficient (Wildman–Crippen LogP) is 1.13. The molecule has 1 amide bonds. The molecule has 0 saturated carbocycles. The number of nitrogens with one attached hydrogen (secondary N) is 1. The van der Waals surface area contributed by atoms with Gasteiger partial charge in [-0.05, 0) is 28.4 Å². The van der Waals surface area contributed by atoms with Crippen LogP contribution >= 0.6 is 0 Å². The molecule has 0 saturated heterocycles. The number of amides is 1. The zero-order chi connectivity index (χ0) is 19.4. The second-order valence-electron chi connectivity index (χ2n) is 5.80. The van der Waals surface area contributed by atoms with Gasteiger partial charge in [-0.15, -0.1) is 5.10 Å². The van der Waals surface area contributed by atoms with Crippen molar-refractivity contribution in [2.45, 2.75) is 19.8 Å². The maximum atomic E-state index is 12.5. The Kier molecular flexibility index (Phi) is 5.11. The first-order valence-electron chi connectivity index (χ1n) is 8.03. The predicted molar refractivity (Wildman–Crippen MR) is 95.8 cm³/mol. The number of nitrogens with zero attached hydrogens (tertiary/aromatic N) is 6. The van der Waals surface area contributed by atoms with Gasteiger partial charge in [0.15, 0.2) is 5.69 Å². The Balaban J connectivity index is 1.84. The molecule has 11 nitrogen and oxygen atoms in total. The van der Waals surface area contributed by atoms with Crippen molar-refractivity contribution in [1.29, 1.82) is 0 Å². The minimum atomic E-state index is -0.522. The Morgan fingerprint density at radius 1 is 1.37 bits per heavy atom. The number of aromatic nitrogens is 5. The quantitative estimate of drug-likeness (QED) is 0.485. The van der Waals surface area contributed by atoms with Crippen molar-refractivity contribution in [2.24, 2.45) is 5.10 Å². The van der Waals surface area contributed by atoms with Gasteiger partial charge in [-0.1, -0.05) is 31.2 Å². The second-order valence-corrected chi connectivity index (χ2v) is 5.80. The van der Waals surface area contributed by atoms with Crippen LogP contribution in [0.2, 0.25) is 0 Å². The Labute approximate surface area is 154 Å². The van der Waals surface area contributed by atoms with E-state index in [0.29, 0.717) is 11.4 Å². The summed E-state index contributed by atoms with van der Waals surface area (Å²) in [6.07, 6.45) is 1.48. The van der Waals surface area contributed by atoms with Crippen molar-refractivity contribution in [3.63, 3.8) is 0 Å². The lowest BCUT2D eigenvalue weighted by Gasteiger charge is -2.08. The summed E-state index contributed by atoms with van der Waals surface area (Å²) in [5.74, 6) is 0.227. The summed E-state index contributed by atoms with van der Waals surface area (Å²) in [6, 6.07) is 7.28. The molecule has 0 aliphatic rings. The number of hydrogen-bond acceptors (Lipinski definition) is 9. The van der Waals surface area contributed by atoms with E-state index in [2.05, 4.69) is 35.8 Å². The fourth-order valence-electron chi connectivity index (χ4n) is 2.45. The molecule has 0 radical (unpaired) electrons. The topological polar surface area (TPSA) is 146 Å². The van der Waals surface area contributed by atoms with Gasteiger partial charge in [-0.2, -0.15) is 9.78 Å². The standard InChI is InChI=1S/C16H18N8O3/c1-9(2)13-12(19-23-24(13)15-14(17)21-27-22-15)16(25)20-18-8-10-6-4-5-7-11(10)26-3/h4-9H,1-3H3,(H2,17,21)(H,20,25)/b18-8+. The summed E-state index contributed by atoms with van der Waals surface area (Å²) in [4.78, 5) is 12.5. The number of ether oxygens (including phenoxy) is 1. The molecule has 2 heterocycles. The minimum absolute atomic E-state index is 0.0444. The molecule has 0 unspecified atom stereocenters. The van der Waals surface area contributed by atoms with Crippen molar-refractivity contribution in [3.8, 4) is 11.6 Å². The fourth-order valence-corrected chi connectivity index (χ4v) is 2.45. The first-order chi connectivity index (χ1) is 13.0. The summed E-state index contributed by atoms with van der Waals surface area (Å²) in [6.45, 7) is 3.77. The molecule has 27 heavy (non-hydrogen) atoms. The molecule has 1 aromatic carbocycles. The van der Waals surface area contributed by atoms with Crippen molar-refractivity contribution in [3.05, 3.63) is 41.2 Å². The number of hydrogen-bond donors (Lipinski definition) is 2. The van der Waals surface area contributed by atoms with Crippen LogP contribution in [-0.4, -0.2) is 44.5 Å². The number of carbonyl (C=O) groups excluding carboxylic acids is 1. The van der Waals surface area contributed by atoms with Crippen LogP contribution in [-0.2, 0) is 0 Å². The highest BCUT2D eigenvalue weighted by atomic mass is 16.6. The Hall–Kier alpha value is -3.76. The number of hydrazone groups is 1. The third-order valence-corrected chi connectivity index (χ3v) is 3.67. The molecule has 3 rings (SSSR count). The van der Waals surface area contributed by atoms with E-state index in [1.54, 1.807) is 13.2 Å². The van der Waals surface area contributed by atoms with Crippen molar-refractivity contribution in [2.75, 3.05) is 12.8 Å². The van der Waals surface area contributed by atoms with Gasteiger partial charge in [0.1, 0.15) is 5.75 Å². The van der Waals surface area contributed by atoms with Gasteiger partial charge in [0.25, 0.3) is 5.91 Å². The van der Waals surface area contributed by atoms with Gasteiger partial charge in [0.2, 0.25) is 11.6 Å². The molecule has 0 spiro atoms. The smallest absolute Gasteiger partial charge is 0.293 e. The maximum Gasteiger partial charge on any atom is 0.293 e. The lowest BCUT2D eigenvalue weighted by atomic mass is 10.1. The van der Waals surface area contributed by atoms with Gasteiger partial charge in [-0.25, -0.2) is 10.1 Å². The number of nitrogen functional groups attached to an aromatic ring is 1. The van der Waals surface area contributed by atoms with E-state index < -0.39 is 5.91 Å². The van der Waals surface area contributed by atoms with E-state index in [1.165, 1.54) is 10.9 Å². The number of methoxy groups -OCH3 is 1. The number of rotatable bonds is 6. The lowest BCUT2D eigenvalue weighted by Crippen LogP contribution is -2.21. The second kappa shape index (κ2) is 7.64. The molecule has 11 heteroatoms. The van der Waals surface area contributed by atoms with Gasteiger partial charge in [0.05, 0.1) is 19.0 Å². The van der Waals surface area contributed by atoms with Gasteiger partial charge >= 0.3 is 0 Å². The van der Waals surface area contributed by atoms with E-state index in [9.17, 15) is 4.79 Å². The summed E-state index contributed by atoms with van der Waals surface area (Å²) in [7, 11) is 1.56. The third-order valence-electron chi connectivity index (χ3n) is 3.67. The third kappa shape index (κ3) is 3.61. The molecular weight excluding hydrogens is 352 g/mol. The summed E-state index contributed by atoms with van der Waals surface area (Å²) >= 11 is 0. The molecule has 2 aromatic heterocycles. The Bertz CT molecular complexity index is 976. The highest BCUT2D eigenvalue weighted by molar-refractivity contribution is 5.94. The average molecular weight is 370 g/mol. The SMILES string of the molecule is COc1ccccc1/C=N/NC(=O)c1nnn(-c2nonc2N)c1C(C)C. The van der Waals surface area contributed by atoms with E-state index in [0.717, 1.165) is 5.56 Å². The van der Waals surface area contributed by atoms with Crippen LogP contribution in [0.25, 0.3) is 5.82 Å². The molecule has 0 aliphatic heterocycles. The highest BCUT2D eigenvalue weighted by Gasteiger charge is 2.25. The molecule has 0 fully saturated rings. The molecule has 0 bridgehead atoms. The summed E-state index contributed by atoms with van der Waals surface area (Å²) < 4.78 is 11.1. The van der Waals surface area contributed by atoms with Crippen molar-refractivity contribution >= 4 is 17.9 Å². The minimum Gasteiger partial charge on any atom is -0.496 e. The highest BCUT2D eigenvalue weighted by Crippen LogP contribution is 2.22. The van der Waals surface area contributed by atoms with Crippen LogP contribution in [0.5, 0.6) is 5.75 Å². The fraction of sp³-hybridized carbons (Fsp3) is 0.250. The lowest BCUT2D eigenvalue weighted by molar-refractivity contribution is 0.0948. The first-order valence-corrected chi connectivity index (χ1v) is 8.03. The summed E-state index contributed by atoms with van der Waals surface area (Å²) in [5.41, 5.74) is 9.46. The van der Waals surface area contributed by atoms with Crippen LogP contribution in [0.1, 0.15) is 41.5 Å². The number of benzene rings is 1. The normalized spacial score (nSPS) is 11.3. The number of carbonyl (C=O) groups is 1. The Morgan fingerprint density at radius 3 is 2.81 bits per heavy atom.